The maximum absolute atomic E-state index is 9.22. The van der Waals surface area contributed by atoms with E-state index in [9.17, 15) is 5.11 Å². The number of rotatable bonds is 4. The number of aliphatic imine (C=N–C) groups is 1. The fourth-order valence-corrected chi connectivity index (χ4v) is 2.45. The second kappa shape index (κ2) is 5.88. The van der Waals surface area contributed by atoms with Crippen molar-refractivity contribution in [2.45, 2.75) is 18.6 Å². The van der Waals surface area contributed by atoms with Crippen molar-refractivity contribution in [3.05, 3.63) is 71.8 Å². The highest BCUT2D eigenvalue weighted by atomic mass is 16.5. The summed E-state index contributed by atoms with van der Waals surface area (Å²) in [5.41, 5.74) is 2.10. The molecule has 0 aliphatic carbocycles. The summed E-state index contributed by atoms with van der Waals surface area (Å²) >= 11 is 0. The second-order valence-corrected chi connectivity index (χ2v) is 4.82. The molecule has 2 atom stereocenters. The fraction of sp³-hybridized carbons (Fsp3) is 0.235. The van der Waals surface area contributed by atoms with Gasteiger partial charge in [-0.15, -0.1) is 0 Å². The summed E-state index contributed by atoms with van der Waals surface area (Å²) in [4.78, 5) is 4.71. The summed E-state index contributed by atoms with van der Waals surface area (Å²) in [5, 5.41) is 9.22. The molecule has 0 bridgehead atoms. The highest BCUT2D eigenvalue weighted by Gasteiger charge is 2.32. The van der Waals surface area contributed by atoms with Crippen LogP contribution in [0.5, 0.6) is 0 Å². The number of aliphatic hydroxyl groups excluding tert-OH is 1. The van der Waals surface area contributed by atoms with E-state index in [1.165, 1.54) is 0 Å². The van der Waals surface area contributed by atoms with Gasteiger partial charge < -0.3 is 9.84 Å². The molecule has 0 spiro atoms. The van der Waals surface area contributed by atoms with Gasteiger partial charge in [0.25, 0.3) is 0 Å². The molecule has 1 N–H and O–H groups in total. The van der Waals surface area contributed by atoms with E-state index in [-0.39, 0.29) is 18.8 Å². The van der Waals surface area contributed by atoms with Gasteiger partial charge in [0, 0.05) is 18.6 Å². The number of benzene rings is 2. The van der Waals surface area contributed by atoms with E-state index in [0.717, 1.165) is 11.1 Å². The van der Waals surface area contributed by atoms with Gasteiger partial charge in [0.1, 0.15) is 12.1 Å². The topological polar surface area (TPSA) is 41.8 Å². The molecule has 3 heteroatoms. The Morgan fingerprint density at radius 2 is 1.60 bits per heavy atom. The van der Waals surface area contributed by atoms with E-state index >= 15 is 0 Å². The van der Waals surface area contributed by atoms with Gasteiger partial charge in [-0.1, -0.05) is 48.5 Å². The zero-order valence-electron chi connectivity index (χ0n) is 11.1. The van der Waals surface area contributed by atoms with Crippen molar-refractivity contribution < 1.29 is 9.84 Å². The molecule has 0 radical (unpaired) electrons. The first-order valence-corrected chi connectivity index (χ1v) is 6.84. The molecule has 0 fully saturated rings. The summed E-state index contributed by atoms with van der Waals surface area (Å²) in [6.45, 7) is 0.103. The second-order valence-electron chi connectivity index (χ2n) is 4.82. The van der Waals surface area contributed by atoms with Crippen LogP contribution in [0.1, 0.15) is 23.6 Å². The fourth-order valence-electron chi connectivity index (χ4n) is 2.45. The molecule has 2 aromatic carbocycles. The maximum atomic E-state index is 9.22. The maximum Gasteiger partial charge on any atom is 0.217 e. The van der Waals surface area contributed by atoms with Gasteiger partial charge in [0.15, 0.2) is 0 Å². The minimum Gasteiger partial charge on any atom is -0.471 e. The molecular weight excluding hydrogens is 250 g/mol. The van der Waals surface area contributed by atoms with E-state index in [1.54, 1.807) is 0 Å². The van der Waals surface area contributed by atoms with Crippen molar-refractivity contribution in [2.24, 2.45) is 4.99 Å². The molecule has 1 aliphatic heterocycles. The van der Waals surface area contributed by atoms with Gasteiger partial charge in [-0.2, -0.15) is 0 Å². The molecule has 1 aliphatic rings. The lowest BCUT2D eigenvalue weighted by Gasteiger charge is -2.16. The summed E-state index contributed by atoms with van der Waals surface area (Å²) < 4.78 is 5.94. The first-order chi connectivity index (χ1) is 9.88. The summed E-state index contributed by atoms with van der Waals surface area (Å²) in [7, 11) is 0. The summed E-state index contributed by atoms with van der Waals surface area (Å²) in [6.07, 6.45) is 0.483. The third kappa shape index (κ3) is 2.58. The normalized spacial score (nSPS) is 21.4. The summed E-state index contributed by atoms with van der Waals surface area (Å²) in [6, 6.07) is 19.9. The third-order valence-electron chi connectivity index (χ3n) is 3.45. The van der Waals surface area contributed by atoms with Gasteiger partial charge in [0.2, 0.25) is 5.90 Å². The molecule has 0 saturated carbocycles. The molecule has 1 heterocycles. The van der Waals surface area contributed by atoms with Crippen LogP contribution in [0.2, 0.25) is 0 Å². The van der Waals surface area contributed by atoms with Crippen molar-refractivity contribution in [2.75, 3.05) is 6.61 Å². The molecule has 3 nitrogen and oxygen atoms in total. The number of ether oxygens (including phenoxy) is 1. The Kier molecular flexibility index (Phi) is 3.79. The van der Waals surface area contributed by atoms with Gasteiger partial charge in [-0.05, 0) is 17.7 Å². The van der Waals surface area contributed by atoms with Crippen molar-refractivity contribution in [3.8, 4) is 0 Å². The van der Waals surface area contributed by atoms with Gasteiger partial charge in [-0.3, -0.25) is 0 Å². The zero-order valence-corrected chi connectivity index (χ0v) is 11.1. The predicted molar refractivity (Wildman–Crippen MR) is 78.7 cm³/mol. The average molecular weight is 267 g/mol. The monoisotopic (exact) mass is 267 g/mol. The van der Waals surface area contributed by atoms with Crippen LogP contribution in [0, 0.1) is 0 Å². The number of nitrogens with zero attached hydrogens (tertiary/aromatic N) is 1. The molecule has 2 aromatic rings. The van der Waals surface area contributed by atoms with Crippen LogP contribution in [0.3, 0.4) is 0 Å². The van der Waals surface area contributed by atoms with Crippen molar-refractivity contribution in [3.63, 3.8) is 0 Å². The first kappa shape index (κ1) is 12.9. The lowest BCUT2D eigenvalue weighted by molar-refractivity contribution is 0.146. The van der Waals surface area contributed by atoms with Crippen molar-refractivity contribution >= 4 is 5.90 Å². The Balaban J connectivity index is 1.91. The molecular formula is C17H17NO2. The largest absolute Gasteiger partial charge is 0.471 e. The average Bonchev–Trinajstić information content (AvgIpc) is 2.94. The van der Waals surface area contributed by atoms with Crippen LogP contribution in [0.15, 0.2) is 65.7 Å². The molecule has 3 rings (SSSR count). The molecule has 0 aromatic heterocycles. The lowest BCUT2D eigenvalue weighted by Crippen LogP contribution is -2.18. The Morgan fingerprint density at radius 3 is 2.25 bits per heavy atom. The number of aliphatic hydroxyl groups is 1. The van der Waals surface area contributed by atoms with Crippen LogP contribution in [0.25, 0.3) is 0 Å². The highest BCUT2D eigenvalue weighted by molar-refractivity contribution is 5.95. The van der Waals surface area contributed by atoms with E-state index in [2.05, 4.69) is 12.1 Å². The Hall–Kier alpha value is -2.13. The minimum absolute atomic E-state index is 0.0430. The minimum atomic E-state index is -0.0994. The highest BCUT2D eigenvalue weighted by Crippen LogP contribution is 2.32. The quantitative estimate of drug-likeness (QED) is 0.925. The Morgan fingerprint density at radius 1 is 0.950 bits per heavy atom. The predicted octanol–water partition coefficient (Wildman–Crippen LogP) is 2.96. The van der Waals surface area contributed by atoms with Gasteiger partial charge in [0.05, 0.1) is 0 Å². The van der Waals surface area contributed by atoms with Crippen LogP contribution >= 0.6 is 0 Å². The van der Waals surface area contributed by atoms with Gasteiger partial charge in [-0.25, -0.2) is 4.99 Å². The van der Waals surface area contributed by atoms with E-state index < -0.39 is 0 Å². The van der Waals surface area contributed by atoms with Crippen molar-refractivity contribution in [1.82, 2.24) is 0 Å². The molecule has 102 valence electrons. The SMILES string of the molecule is OCC[C@@H]1OC(c2ccccc2)=N[C@H]1c1ccccc1. The molecule has 20 heavy (non-hydrogen) atoms. The van der Waals surface area contributed by atoms with Crippen molar-refractivity contribution in [1.29, 1.82) is 0 Å². The van der Waals surface area contributed by atoms with E-state index in [0.29, 0.717) is 12.3 Å². The Bertz CT molecular complexity index is 580. The smallest absolute Gasteiger partial charge is 0.217 e. The van der Waals surface area contributed by atoms with Crippen LogP contribution in [-0.2, 0) is 4.74 Å². The third-order valence-corrected chi connectivity index (χ3v) is 3.45. The number of hydrogen-bond donors (Lipinski definition) is 1. The standard InChI is InChI=1S/C17H17NO2/c19-12-11-15-16(13-7-3-1-4-8-13)18-17(20-15)14-9-5-2-6-10-14/h1-10,15-16,19H,11-12H2/t15-,16-/m0/s1. The first-order valence-electron chi connectivity index (χ1n) is 6.84. The van der Waals surface area contributed by atoms with Gasteiger partial charge >= 0.3 is 0 Å². The van der Waals surface area contributed by atoms with Crippen LogP contribution in [-0.4, -0.2) is 23.7 Å². The lowest BCUT2D eigenvalue weighted by atomic mass is 10.0. The summed E-state index contributed by atoms with van der Waals surface area (Å²) in [5.74, 6) is 0.665. The van der Waals surface area contributed by atoms with E-state index in [1.807, 2.05) is 48.5 Å². The zero-order chi connectivity index (χ0) is 13.8. The molecule has 0 saturated heterocycles. The number of hydrogen-bond acceptors (Lipinski definition) is 3. The van der Waals surface area contributed by atoms with E-state index in [4.69, 9.17) is 9.73 Å². The molecule has 0 unspecified atom stereocenters. The van der Waals surface area contributed by atoms with Crippen LogP contribution < -0.4 is 0 Å². The Labute approximate surface area is 118 Å². The van der Waals surface area contributed by atoms with Crippen LogP contribution in [0.4, 0.5) is 0 Å². The molecule has 0 amide bonds.